The van der Waals surface area contributed by atoms with Gasteiger partial charge in [0, 0.05) is 18.8 Å². The summed E-state index contributed by atoms with van der Waals surface area (Å²) in [5.74, 6) is -1.22. The highest BCUT2D eigenvalue weighted by Gasteiger charge is 2.27. The Balaban J connectivity index is 1.86. The van der Waals surface area contributed by atoms with E-state index in [0.717, 1.165) is 25.7 Å². The summed E-state index contributed by atoms with van der Waals surface area (Å²) in [6, 6.07) is 8.46. The number of nitrogens with zero attached hydrogens (tertiary/aromatic N) is 1. The number of esters is 1. The molecule has 1 aliphatic rings. The molecule has 172 valence electrons. The summed E-state index contributed by atoms with van der Waals surface area (Å²) in [6.07, 6.45) is 3.60. The SMILES string of the molecule is CCOC(=O)c1cc(NC(=O)c2cc(S(=O)(=O)N3CCCCCC3)ccc2Cl)ccc1Cl. The first-order valence-electron chi connectivity index (χ1n) is 10.3. The van der Waals surface area contributed by atoms with Crippen LogP contribution in [0.2, 0.25) is 10.0 Å². The molecule has 1 saturated heterocycles. The van der Waals surface area contributed by atoms with Crippen molar-refractivity contribution >= 4 is 50.8 Å². The van der Waals surface area contributed by atoms with Crippen LogP contribution in [0.5, 0.6) is 0 Å². The number of benzene rings is 2. The third-order valence-electron chi connectivity index (χ3n) is 5.10. The zero-order chi connectivity index (χ0) is 23.3. The summed E-state index contributed by atoms with van der Waals surface area (Å²) in [5, 5.41) is 2.93. The molecule has 0 radical (unpaired) electrons. The Morgan fingerprint density at radius 1 is 0.969 bits per heavy atom. The number of halogens is 2. The lowest BCUT2D eigenvalue weighted by Gasteiger charge is -2.20. The van der Waals surface area contributed by atoms with Gasteiger partial charge in [0.1, 0.15) is 0 Å². The van der Waals surface area contributed by atoms with Crippen LogP contribution in [0.1, 0.15) is 53.3 Å². The summed E-state index contributed by atoms with van der Waals surface area (Å²) in [4.78, 5) is 24.9. The molecule has 2 aromatic rings. The molecule has 1 aliphatic heterocycles. The molecule has 0 aliphatic carbocycles. The maximum Gasteiger partial charge on any atom is 0.339 e. The second-order valence-corrected chi connectivity index (χ2v) is 10.1. The molecule has 0 atom stereocenters. The second kappa shape index (κ2) is 10.7. The minimum Gasteiger partial charge on any atom is -0.462 e. The van der Waals surface area contributed by atoms with Crippen LogP contribution < -0.4 is 5.32 Å². The van der Waals surface area contributed by atoms with E-state index in [-0.39, 0.29) is 32.7 Å². The first-order chi connectivity index (χ1) is 15.2. The van der Waals surface area contributed by atoms with Crippen molar-refractivity contribution in [2.75, 3.05) is 25.0 Å². The number of sulfonamides is 1. The summed E-state index contributed by atoms with van der Waals surface area (Å²) >= 11 is 12.3. The molecule has 2 aromatic carbocycles. The number of rotatable bonds is 6. The number of carbonyl (C=O) groups excluding carboxylic acids is 2. The number of ether oxygens (including phenoxy) is 1. The average Bonchev–Trinajstić information content (AvgIpc) is 3.05. The van der Waals surface area contributed by atoms with Crippen molar-refractivity contribution in [1.29, 1.82) is 0 Å². The second-order valence-electron chi connectivity index (χ2n) is 7.33. The van der Waals surface area contributed by atoms with E-state index >= 15 is 0 Å². The Hall–Kier alpha value is -2.13. The van der Waals surface area contributed by atoms with Crippen molar-refractivity contribution in [3.05, 3.63) is 57.6 Å². The first-order valence-corrected chi connectivity index (χ1v) is 12.5. The quantitative estimate of drug-likeness (QED) is 0.566. The van der Waals surface area contributed by atoms with Gasteiger partial charge in [0.05, 0.1) is 32.7 Å². The Morgan fingerprint density at radius 2 is 1.59 bits per heavy atom. The standard InChI is InChI=1S/C22H24Cl2N2O5S/c1-2-31-22(28)18-13-15(7-9-20(18)24)25-21(27)17-14-16(8-10-19(17)23)32(29,30)26-11-5-3-4-6-12-26/h7-10,13-14H,2-6,11-12H2,1H3,(H,25,27). The summed E-state index contributed by atoms with van der Waals surface area (Å²) in [5.41, 5.74) is 0.407. The maximum absolute atomic E-state index is 13.1. The Kier molecular flexibility index (Phi) is 8.16. The van der Waals surface area contributed by atoms with Gasteiger partial charge in [0.2, 0.25) is 10.0 Å². The van der Waals surface area contributed by atoms with Gasteiger partial charge in [-0.3, -0.25) is 4.79 Å². The van der Waals surface area contributed by atoms with Gasteiger partial charge in [-0.2, -0.15) is 4.31 Å². The number of nitrogens with one attached hydrogen (secondary N) is 1. The number of anilines is 1. The molecule has 1 heterocycles. The molecule has 3 rings (SSSR count). The lowest BCUT2D eigenvalue weighted by molar-refractivity contribution is 0.0526. The lowest BCUT2D eigenvalue weighted by Crippen LogP contribution is -2.32. The van der Waals surface area contributed by atoms with Crippen LogP contribution in [0.15, 0.2) is 41.3 Å². The van der Waals surface area contributed by atoms with E-state index in [1.807, 2.05) is 0 Å². The monoisotopic (exact) mass is 498 g/mol. The van der Waals surface area contributed by atoms with Crippen LogP contribution in [-0.2, 0) is 14.8 Å². The van der Waals surface area contributed by atoms with Gasteiger partial charge in [0.25, 0.3) is 5.91 Å². The molecule has 0 spiro atoms. The predicted octanol–water partition coefficient (Wildman–Crippen LogP) is 4.99. The van der Waals surface area contributed by atoms with Gasteiger partial charge in [-0.25, -0.2) is 13.2 Å². The third kappa shape index (κ3) is 5.61. The van der Waals surface area contributed by atoms with Gasteiger partial charge in [-0.1, -0.05) is 36.0 Å². The Morgan fingerprint density at radius 3 is 2.25 bits per heavy atom. The summed E-state index contributed by atoms with van der Waals surface area (Å²) in [6.45, 7) is 2.76. The Labute approximate surface area is 197 Å². The van der Waals surface area contributed by atoms with Crippen LogP contribution in [0, 0.1) is 0 Å². The van der Waals surface area contributed by atoms with Crippen LogP contribution in [-0.4, -0.2) is 44.3 Å². The fourth-order valence-electron chi connectivity index (χ4n) is 3.44. The third-order valence-corrected chi connectivity index (χ3v) is 7.66. The minimum absolute atomic E-state index is 0.00944. The molecule has 32 heavy (non-hydrogen) atoms. The fraction of sp³-hybridized carbons (Fsp3) is 0.364. The highest BCUT2D eigenvalue weighted by atomic mass is 35.5. The summed E-state index contributed by atoms with van der Waals surface area (Å²) < 4.78 is 32.6. The van der Waals surface area contributed by atoms with Gasteiger partial charge in [0.15, 0.2) is 0 Å². The molecular weight excluding hydrogens is 475 g/mol. The number of carbonyl (C=O) groups is 2. The van der Waals surface area contributed by atoms with Crippen molar-refractivity contribution in [3.8, 4) is 0 Å². The molecule has 1 fully saturated rings. The maximum atomic E-state index is 13.1. The fourth-order valence-corrected chi connectivity index (χ4v) is 5.38. The van der Waals surface area contributed by atoms with Gasteiger partial charge in [-0.05, 0) is 56.2 Å². The topological polar surface area (TPSA) is 92.8 Å². The van der Waals surface area contributed by atoms with E-state index in [2.05, 4.69) is 5.32 Å². The van der Waals surface area contributed by atoms with E-state index in [1.165, 1.54) is 40.7 Å². The van der Waals surface area contributed by atoms with E-state index < -0.39 is 21.9 Å². The minimum atomic E-state index is -3.74. The van der Waals surface area contributed by atoms with Crippen LogP contribution >= 0.6 is 23.2 Å². The van der Waals surface area contributed by atoms with E-state index in [4.69, 9.17) is 27.9 Å². The normalized spacial score (nSPS) is 15.1. The molecule has 0 saturated carbocycles. The van der Waals surface area contributed by atoms with Crippen LogP contribution in [0.4, 0.5) is 5.69 Å². The molecule has 0 aromatic heterocycles. The van der Waals surface area contributed by atoms with Crippen molar-refractivity contribution in [2.24, 2.45) is 0 Å². The largest absolute Gasteiger partial charge is 0.462 e. The number of amides is 1. The Bertz CT molecular complexity index is 1110. The van der Waals surface area contributed by atoms with E-state index in [9.17, 15) is 18.0 Å². The van der Waals surface area contributed by atoms with Crippen molar-refractivity contribution < 1.29 is 22.7 Å². The van der Waals surface area contributed by atoms with Gasteiger partial charge < -0.3 is 10.1 Å². The van der Waals surface area contributed by atoms with Crippen LogP contribution in [0.25, 0.3) is 0 Å². The summed E-state index contributed by atoms with van der Waals surface area (Å²) in [7, 11) is -3.74. The molecule has 0 bridgehead atoms. The molecule has 1 N–H and O–H groups in total. The highest BCUT2D eigenvalue weighted by Crippen LogP contribution is 2.27. The molecule has 1 amide bonds. The smallest absolute Gasteiger partial charge is 0.339 e. The van der Waals surface area contributed by atoms with Crippen LogP contribution in [0.3, 0.4) is 0 Å². The number of hydrogen-bond donors (Lipinski definition) is 1. The molecule has 7 nitrogen and oxygen atoms in total. The van der Waals surface area contributed by atoms with Crippen molar-refractivity contribution in [3.63, 3.8) is 0 Å². The molecule has 10 heteroatoms. The van der Waals surface area contributed by atoms with Gasteiger partial charge in [-0.15, -0.1) is 0 Å². The predicted molar refractivity (Wildman–Crippen MR) is 124 cm³/mol. The van der Waals surface area contributed by atoms with Crippen molar-refractivity contribution in [2.45, 2.75) is 37.5 Å². The van der Waals surface area contributed by atoms with Gasteiger partial charge >= 0.3 is 5.97 Å². The highest BCUT2D eigenvalue weighted by molar-refractivity contribution is 7.89. The molecule has 0 unspecified atom stereocenters. The average molecular weight is 499 g/mol. The zero-order valence-corrected chi connectivity index (χ0v) is 19.9. The lowest BCUT2D eigenvalue weighted by atomic mass is 10.1. The zero-order valence-electron chi connectivity index (χ0n) is 17.6. The van der Waals surface area contributed by atoms with Crippen molar-refractivity contribution in [1.82, 2.24) is 4.31 Å². The molecular formula is C22H24Cl2N2O5S. The number of hydrogen-bond acceptors (Lipinski definition) is 5. The van der Waals surface area contributed by atoms with E-state index in [0.29, 0.717) is 18.8 Å². The first kappa shape index (κ1) is 24.5. The van der Waals surface area contributed by atoms with E-state index in [1.54, 1.807) is 6.92 Å².